The maximum Gasteiger partial charge on any atom is 0.311 e. The van der Waals surface area contributed by atoms with Crippen molar-refractivity contribution in [3.63, 3.8) is 0 Å². The average molecular weight is 208 g/mol. The number of carbonyl (C=O) groups is 1. The molecule has 1 aromatic heterocycles. The normalized spacial score (nSPS) is 19.6. The Labute approximate surface area is 88.9 Å². The van der Waals surface area contributed by atoms with Gasteiger partial charge in [-0.25, -0.2) is 0 Å². The summed E-state index contributed by atoms with van der Waals surface area (Å²) in [6.07, 6.45) is 1.56. The standard InChI is InChI=1S/C11H16N2O2/c1-6(2)13-9-5-4-8(11(14)15)10(9)7(3)12-13/h6,8H,4-5H2,1-3H3,(H,14,15). The Balaban J connectivity index is 2.50. The first-order chi connectivity index (χ1) is 7.02. The minimum Gasteiger partial charge on any atom is -0.481 e. The predicted molar refractivity (Wildman–Crippen MR) is 56.0 cm³/mol. The van der Waals surface area contributed by atoms with Crippen LogP contribution in [0.5, 0.6) is 0 Å². The highest BCUT2D eigenvalue weighted by molar-refractivity contribution is 5.78. The van der Waals surface area contributed by atoms with E-state index in [9.17, 15) is 4.79 Å². The Kier molecular flexibility index (Phi) is 2.29. The second-order valence-corrected chi connectivity index (χ2v) is 4.41. The molecule has 0 saturated heterocycles. The fourth-order valence-corrected chi connectivity index (χ4v) is 2.41. The van der Waals surface area contributed by atoms with Crippen LogP contribution < -0.4 is 0 Å². The molecule has 1 aliphatic carbocycles. The van der Waals surface area contributed by atoms with Crippen molar-refractivity contribution in [3.05, 3.63) is 17.0 Å². The fourth-order valence-electron chi connectivity index (χ4n) is 2.41. The number of hydrogen-bond donors (Lipinski definition) is 1. The van der Waals surface area contributed by atoms with Crippen LogP contribution in [0.2, 0.25) is 0 Å². The zero-order valence-corrected chi connectivity index (χ0v) is 9.32. The smallest absolute Gasteiger partial charge is 0.311 e. The number of carboxylic acid groups (broad SMARTS) is 1. The Morgan fingerprint density at radius 1 is 1.60 bits per heavy atom. The van der Waals surface area contributed by atoms with Crippen molar-refractivity contribution in [1.29, 1.82) is 0 Å². The summed E-state index contributed by atoms with van der Waals surface area (Å²) in [4.78, 5) is 11.1. The SMILES string of the molecule is Cc1nn(C(C)C)c2c1C(C(=O)O)CC2. The molecule has 1 atom stereocenters. The molecule has 82 valence electrons. The summed E-state index contributed by atoms with van der Waals surface area (Å²) in [5.41, 5.74) is 2.95. The molecule has 0 fully saturated rings. The zero-order chi connectivity index (χ0) is 11.2. The molecule has 1 aliphatic rings. The molecule has 0 amide bonds. The van der Waals surface area contributed by atoms with Gasteiger partial charge < -0.3 is 5.11 Å². The molecule has 4 heteroatoms. The molecule has 0 saturated carbocycles. The third kappa shape index (κ3) is 1.44. The summed E-state index contributed by atoms with van der Waals surface area (Å²) in [5, 5.41) is 13.5. The van der Waals surface area contributed by atoms with E-state index in [2.05, 4.69) is 18.9 Å². The molecule has 0 bridgehead atoms. The maximum atomic E-state index is 11.1. The van der Waals surface area contributed by atoms with Crippen molar-refractivity contribution in [1.82, 2.24) is 9.78 Å². The van der Waals surface area contributed by atoms with Crippen LogP contribution in [0, 0.1) is 6.92 Å². The number of rotatable bonds is 2. The topological polar surface area (TPSA) is 55.1 Å². The van der Waals surface area contributed by atoms with Crippen LogP contribution in [-0.2, 0) is 11.2 Å². The van der Waals surface area contributed by atoms with Gasteiger partial charge in [0.1, 0.15) is 0 Å². The van der Waals surface area contributed by atoms with E-state index >= 15 is 0 Å². The van der Waals surface area contributed by atoms with E-state index in [-0.39, 0.29) is 5.92 Å². The molecule has 4 nitrogen and oxygen atoms in total. The highest BCUT2D eigenvalue weighted by atomic mass is 16.4. The van der Waals surface area contributed by atoms with Crippen LogP contribution in [0.25, 0.3) is 0 Å². The second kappa shape index (κ2) is 3.36. The van der Waals surface area contributed by atoms with Gasteiger partial charge in [0.2, 0.25) is 0 Å². The summed E-state index contributed by atoms with van der Waals surface area (Å²) < 4.78 is 1.97. The minimum absolute atomic E-state index is 0.306. The van der Waals surface area contributed by atoms with Crippen molar-refractivity contribution in [3.8, 4) is 0 Å². The van der Waals surface area contributed by atoms with Crippen LogP contribution in [0.15, 0.2) is 0 Å². The fraction of sp³-hybridized carbons (Fsp3) is 0.636. The molecule has 0 radical (unpaired) electrons. The number of nitrogens with zero attached hydrogens (tertiary/aromatic N) is 2. The van der Waals surface area contributed by atoms with Gasteiger partial charge in [-0.15, -0.1) is 0 Å². The van der Waals surface area contributed by atoms with Crippen LogP contribution in [0.3, 0.4) is 0 Å². The van der Waals surface area contributed by atoms with Gasteiger partial charge in [-0.3, -0.25) is 9.48 Å². The quantitative estimate of drug-likeness (QED) is 0.807. The molecule has 1 N–H and O–H groups in total. The molecule has 1 heterocycles. The van der Waals surface area contributed by atoms with Gasteiger partial charge in [0.25, 0.3) is 0 Å². The van der Waals surface area contributed by atoms with E-state index in [1.54, 1.807) is 0 Å². The van der Waals surface area contributed by atoms with Crippen molar-refractivity contribution in [2.45, 2.75) is 45.6 Å². The summed E-state index contributed by atoms with van der Waals surface area (Å²) >= 11 is 0. The largest absolute Gasteiger partial charge is 0.481 e. The lowest BCUT2D eigenvalue weighted by atomic mass is 10.0. The number of aryl methyl sites for hydroxylation is 1. The Morgan fingerprint density at radius 2 is 2.27 bits per heavy atom. The monoisotopic (exact) mass is 208 g/mol. The van der Waals surface area contributed by atoms with E-state index in [1.807, 2.05) is 11.6 Å². The molecule has 15 heavy (non-hydrogen) atoms. The third-order valence-electron chi connectivity index (χ3n) is 3.04. The number of aromatic nitrogens is 2. The third-order valence-corrected chi connectivity index (χ3v) is 3.04. The van der Waals surface area contributed by atoms with Gasteiger partial charge in [-0.2, -0.15) is 5.10 Å². The highest BCUT2D eigenvalue weighted by Crippen LogP contribution is 2.36. The second-order valence-electron chi connectivity index (χ2n) is 4.41. The summed E-state index contributed by atoms with van der Waals surface area (Å²) in [7, 11) is 0. The number of carboxylic acids is 1. The number of aliphatic carboxylic acids is 1. The summed E-state index contributed by atoms with van der Waals surface area (Å²) in [5.74, 6) is -1.06. The molecule has 1 unspecified atom stereocenters. The van der Waals surface area contributed by atoms with E-state index in [4.69, 9.17) is 5.11 Å². The molecule has 0 aliphatic heterocycles. The van der Waals surface area contributed by atoms with Crippen LogP contribution in [0.4, 0.5) is 0 Å². The lowest BCUT2D eigenvalue weighted by Gasteiger charge is -2.08. The highest BCUT2D eigenvalue weighted by Gasteiger charge is 2.34. The van der Waals surface area contributed by atoms with E-state index in [1.165, 1.54) is 0 Å². The van der Waals surface area contributed by atoms with Gasteiger partial charge in [0.15, 0.2) is 0 Å². The van der Waals surface area contributed by atoms with Gasteiger partial charge in [-0.05, 0) is 33.6 Å². The van der Waals surface area contributed by atoms with Gasteiger partial charge in [0, 0.05) is 17.3 Å². The Bertz CT molecular complexity index is 407. The van der Waals surface area contributed by atoms with Crippen molar-refractivity contribution < 1.29 is 9.90 Å². The van der Waals surface area contributed by atoms with E-state index < -0.39 is 5.97 Å². The first-order valence-electron chi connectivity index (χ1n) is 5.33. The average Bonchev–Trinajstić information content (AvgIpc) is 2.66. The van der Waals surface area contributed by atoms with Gasteiger partial charge in [0.05, 0.1) is 11.6 Å². The van der Waals surface area contributed by atoms with Crippen LogP contribution in [0.1, 0.15) is 49.2 Å². The molecular formula is C11H16N2O2. The predicted octanol–water partition coefficient (Wildman–Crippen LogP) is 1.89. The maximum absolute atomic E-state index is 11.1. The van der Waals surface area contributed by atoms with Crippen molar-refractivity contribution in [2.24, 2.45) is 0 Å². The molecule has 0 spiro atoms. The molecule has 2 rings (SSSR count). The first-order valence-corrected chi connectivity index (χ1v) is 5.33. The van der Waals surface area contributed by atoms with Gasteiger partial charge in [-0.1, -0.05) is 0 Å². The summed E-state index contributed by atoms with van der Waals surface area (Å²) in [6, 6.07) is 0.306. The first kappa shape index (κ1) is 10.2. The number of hydrogen-bond acceptors (Lipinski definition) is 2. The van der Waals surface area contributed by atoms with Crippen LogP contribution in [-0.4, -0.2) is 20.9 Å². The minimum atomic E-state index is -0.722. The van der Waals surface area contributed by atoms with Crippen LogP contribution >= 0.6 is 0 Å². The van der Waals surface area contributed by atoms with E-state index in [0.717, 1.165) is 29.8 Å². The summed E-state index contributed by atoms with van der Waals surface area (Å²) in [6.45, 7) is 6.04. The van der Waals surface area contributed by atoms with Crippen molar-refractivity contribution >= 4 is 5.97 Å². The molecular weight excluding hydrogens is 192 g/mol. The molecule has 1 aromatic rings. The van der Waals surface area contributed by atoms with E-state index in [0.29, 0.717) is 6.04 Å². The Morgan fingerprint density at radius 3 is 2.80 bits per heavy atom. The lowest BCUT2D eigenvalue weighted by Crippen LogP contribution is -2.08. The Hall–Kier alpha value is -1.32. The van der Waals surface area contributed by atoms with Crippen molar-refractivity contribution in [2.75, 3.05) is 0 Å². The molecule has 0 aromatic carbocycles. The van der Waals surface area contributed by atoms with Gasteiger partial charge >= 0.3 is 5.97 Å². The lowest BCUT2D eigenvalue weighted by molar-refractivity contribution is -0.138. The zero-order valence-electron chi connectivity index (χ0n) is 9.32. The number of fused-ring (bicyclic) bond motifs is 1.